The summed E-state index contributed by atoms with van der Waals surface area (Å²) >= 11 is 0. The molecule has 2 aromatic rings. The van der Waals surface area contributed by atoms with Gasteiger partial charge in [0, 0.05) is 0 Å². The van der Waals surface area contributed by atoms with Crippen molar-refractivity contribution in [2.24, 2.45) is 0 Å². The topological polar surface area (TPSA) is 116 Å². The van der Waals surface area contributed by atoms with Crippen molar-refractivity contribution in [1.29, 1.82) is 0 Å². The van der Waals surface area contributed by atoms with Gasteiger partial charge in [-0.1, -0.05) is 18.2 Å². The first-order valence-corrected chi connectivity index (χ1v) is 6.15. The number of nitrogens with one attached hydrogen (secondary N) is 1. The molecule has 108 valence electrons. The summed E-state index contributed by atoms with van der Waals surface area (Å²) in [7, 11) is 0. The number of tetrazole rings is 1. The van der Waals surface area contributed by atoms with Gasteiger partial charge in [-0.15, -0.1) is 5.10 Å². The lowest BCUT2D eigenvalue weighted by molar-refractivity contribution is 0.0408. The molecule has 0 saturated carbocycles. The predicted molar refractivity (Wildman–Crippen MR) is 70.0 cm³/mol. The van der Waals surface area contributed by atoms with E-state index in [-0.39, 0.29) is 6.54 Å². The number of hydrogen-bond acceptors (Lipinski definition) is 7. The van der Waals surface area contributed by atoms with E-state index in [0.29, 0.717) is 5.82 Å². The highest BCUT2D eigenvalue weighted by molar-refractivity contribution is 5.30. The summed E-state index contributed by atoms with van der Waals surface area (Å²) in [4.78, 5) is 0. The lowest BCUT2D eigenvalue weighted by atomic mass is 10.0. The molecule has 20 heavy (non-hydrogen) atoms. The van der Waals surface area contributed by atoms with Crippen LogP contribution in [0.25, 0.3) is 5.69 Å². The molecule has 4 N–H and O–H groups in total. The van der Waals surface area contributed by atoms with Gasteiger partial charge < -0.3 is 15.3 Å². The van der Waals surface area contributed by atoms with Crippen LogP contribution in [0.1, 0.15) is 5.82 Å². The predicted octanol–water partition coefficient (Wildman–Crippen LogP) is -1.53. The van der Waals surface area contributed by atoms with Crippen LogP contribution in [0.3, 0.4) is 0 Å². The minimum atomic E-state index is -1.16. The monoisotopic (exact) mass is 279 g/mol. The highest BCUT2D eigenvalue weighted by Gasteiger charge is 2.28. The standard InChI is InChI=1S/C12H17N5O3/c18-7-12(8-19,9-20)13-6-11-14-15-16-17(11)10-4-2-1-3-5-10/h1-5,13,18-20H,6-9H2. The zero-order chi connectivity index (χ0) is 14.4. The third-order valence-electron chi connectivity index (χ3n) is 3.06. The quantitative estimate of drug-likeness (QED) is 0.485. The molecule has 2 rings (SSSR count). The fraction of sp³-hybridized carbons (Fsp3) is 0.417. The van der Waals surface area contributed by atoms with Crippen LogP contribution in [0.4, 0.5) is 0 Å². The summed E-state index contributed by atoms with van der Waals surface area (Å²) in [6.07, 6.45) is 0. The molecule has 0 amide bonds. The van der Waals surface area contributed by atoms with Crippen molar-refractivity contribution in [2.45, 2.75) is 12.1 Å². The van der Waals surface area contributed by atoms with Crippen molar-refractivity contribution in [3.05, 3.63) is 36.2 Å². The molecule has 0 aliphatic heterocycles. The Morgan fingerprint density at radius 3 is 2.30 bits per heavy atom. The van der Waals surface area contributed by atoms with E-state index >= 15 is 0 Å². The van der Waals surface area contributed by atoms with Gasteiger partial charge in [-0.05, 0) is 22.6 Å². The second kappa shape index (κ2) is 6.53. The first-order valence-electron chi connectivity index (χ1n) is 6.15. The molecule has 0 aliphatic carbocycles. The van der Waals surface area contributed by atoms with Crippen molar-refractivity contribution in [2.75, 3.05) is 19.8 Å². The molecular formula is C12H17N5O3. The summed E-state index contributed by atoms with van der Waals surface area (Å²) in [5.74, 6) is 0.510. The van der Waals surface area contributed by atoms with Gasteiger partial charge in [0.15, 0.2) is 5.82 Å². The largest absolute Gasteiger partial charge is 0.394 e. The first kappa shape index (κ1) is 14.5. The van der Waals surface area contributed by atoms with Crippen molar-refractivity contribution in [1.82, 2.24) is 25.5 Å². The Labute approximate surface area is 115 Å². The van der Waals surface area contributed by atoms with E-state index in [0.717, 1.165) is 5.69 Å². The smallest absolute Gasteiger partial charge is 0.170 e. The molecule has 1 heterocycles. The highest BCUT2D eigenvalue weighted by atomic mass is 16.3. The van der Waals surface area contributed by atoms with Crippen LogP contribution in [-0.4, -0.2) is 60.9 Å². The average molecular weight is 279 g/mol. The molecule has 0 bridgehead atoms. The SMILES string of the molecule is OCC(CO)(CO)NCc1nnnn1-c1ccccc1. The van der Waals surface area contributed by atoms with E-state index in [4.69, 9.17) is 0 Å². The summed E-state index contributed by atoms with van der Waals surface area (Å²) in [6, 6.07) is 9.34. The van der Waals surface area contributed by atoms with Crippen LogP contribution in [0.5, 0.6) is 0 Å². The molecular weight excluding hydrogens is 262 g/mol. The Hall–Kier alpha value is -1.87. The second-order valence-corrected chi connectivity index (χ2v) is 4.45. The van der Waals surface area contributed by atoms with E-state index in [9.17, 15) is 15.3 Å². The van der Waals surface area contributed by atoms with Crippen LogP contribution in [0, 0.1) is 0 Å². The van der Waals surface area contributed by atoms with Crippen molar-refractivity contribution < 1.29 is 15.3 Å². The van der Waals surface area contributed by atoms with Crippen molar-refractivity contribution in [3.8, 4) is 5.69 Å². The van der Waals surface area contributed by atoms with Gasteiger partial charge in [-0.3, -0.25) is 5.32 Å². The summed E-state index contributed by atoms with van der Waals surface area (Å²) in [5, 5.41) is 42.0. The van der Waals surface area contributed by atoms with Crippen LogP contribution < -0.4 is 5.32 Å². The molecule has 0 atom stereocenters. The average Bonchev–Trinajstić information content (AvgIpc) is 2.99. The van der Waals surface area contributed by atoms with Gasteiger partial charge in [0.2, 0.25) is 0 Å². The van der Waals surface area contributed by atoms with E-state index in [1.54, 1.807) is 4.68 Å². The molecule has 8 nitrogen and oxygen atoms in total. The second-order valence-electron chi connectivity index (χ2n) is 4.45. The molecule has 8 heteroatoms. The number of benzene rings is 1. The summed E-state index contributed by atoms with van der Waals surface area (Å²) in [5.41, 5.74) is -0.357. The zero-order valence-electron chi connectivity index (χ0n) is 10.8. The summed E-state index contributed by atoms with van der Waals surface area (Å²) in [6.45, 7) is -0.990. The number of para-hydroxylation sites is 1. The van der Waals surface area contributed by atoms with Gasteiger partial charge in [0.25, 0.3) is 0 Å². The van der Waals surface area contributed by atoms with Crippen LogP contribution in [-0.2, 0) is 6.54 Å². The van der Waals surface area contributed by atoms with E-state index < -0.39 is 25.4 Å². The maximum atomic E-state index is 9.25. The molecule has 0 unspecified atom stereocenters. The highest BCUT2D eigenvalue weighted by Crippen LogP contribution is 2.08. The molecule has 1 aromatic heterocycles. The van der Waals surface area contributed by atoms with Gasteiger partial charge >= 0.3 is 0 Å². The Kier molecular flexibility index (Phi) is 4.74. The Balaban J connectivity index is 2.14. The number of rotatable bonds is 7. The van der Waals surface area contributed by atoms with Crippen LogP contribution in [0.2, 0.25) is 0 Å². The van der Waals surface area contributed by atoms with Gasteiger partial charge in [-0.25, -0.2) is 0 Å². The lowest BCUT2D eigenvalue weighted by Gasteiger charge is -2.28. The third-order valence-corrected chi connectivity index (χ3v) is 3.06. The number of hydrogen-bond donors (Lipinski definition) is 4. The maximum absolute atomic E-state index is 9.25. The number of aliphatic hydroxyl groups excluding tert-OH is 3. The molecule has 0 aliphatic rings. The normalized spacial score (nSPS) is 11.8. The zero-order valence-corrected chi connectivity index (χ0v) is 10.8. The fourth-order valence-corrected chi connectivity index (χ4v) is 1.67. The number of aliphatic hydroxyl groups is 3. The van der Waals surface area contributed by atoms with Gasteiger partial charge in [-0.2, -0.15) is 4.68 Å². The molecule has 0 radical (unpaired) electrons. The molecule has 0 fully saturated rings. The van der Waals surface area contributed by atoms with E-state index in [1.807, 2.05) is 30.3 Å². The van der Waals surface area contributed by atoms with Gasteiger partial charge in [0.05, 0.1) is 37.6 Å². The first-order chi connectivity index (χ1) is 9.74. The van der Waals surface area contributed by atoms with Crippen molar-refractivity contribution in [3.63, 3.8) is 0 Å². The minimum absolute atomic E-state index is 0.198. The maximum Gasteiger partial charge on any atom is 0.170 e. The third kappa shape index (κ3) is 2.99. The van der Waals surface area contributed by atoms with E-state index in [2.05, 4.69) is 20.8 Å². The number of nitrogens with zero attached hydrogens (tertiary/aromatic N) is 4. The molecule has 1 aromatic carbocycles. The van der Waals surface area contributed by atoms with Crippen LogP contribution in [0.15, 0.2) is 30.3 Å². The van der Waals surface area contributed by atoms with E-state index in [1.165, 1.54) is 0 Å². The van der Waals surface area contributed by atoms with Crippen LogP contribution >= 0.6 is 0 Å². The summed E-state index contributed by atoms with van der Waals surface area (Å²) < 4.78 is 1.55. The van der Waals surface area contributed by atoms with Gasteiger partial charge in [0.1, 0.15) is 0 Å². The van der Waals surface area contributed by atoms with Crippen molar-refractivity contribution >= 4 is 0 Å². The Morgan fingerprint density at radius 1 is 1.05 bits per heavy atom. The molecule has 0 spiro atoms. The molecule has 0 saturated heterocycles. The minimum Gasteiger partial charge on any atom is -0.394 e. The Bertz CT molecular complexity index is 519. The number of aromatic nitrogens is 4. The fourth-order valence-electron chi connectivity index (χ4n) is 1.67. The lowest BCUT2D eigenvalue weighted by Crippen LogP contribution is -2.54. The Morgan fingerprint density at radius 2 is 1.70 bits per heavy atom.